The van der Waals surface area contributed by atoms with Crippen molar-refractivity contribution < 1.29 is 19.5 Å². The van der Waals surface area contributed by atoms with Crippen LogP contribution in [0.5, 0.6) is 5.88 Å². The number of imide groups is 1. The quantitative estimate of drug-likeness (QED) is 0.485. The van der Waals surface area contributed by atoms with Crippen molar-refractivity contribution in [2.45, 2.75) is 39.3 Å². The Hall–Kier alpha value is -3.81. The SMILES string of the molecule is Cc1ccc(NC(=O)NCc2ccc3c(O)n(C4CCC(=O)NC4=O)cc3c2)cc1C. The number of aryl methyl sites for hydroxylation is 2. The van der Waals surface area contributed by atoms with Crippen molar-refractivity contribution in [3.05, 3.63) is 59.3 Å². The number of carbonyl (C=O) groups is 3. The van der Waals surface area contributed by atoms with Crippen LogP contribution in [0.1, 0.15) is 35.6 Å². The number of hydrogen-bond donors (Lipinski definition) is 4. The summed E-state index contributed by atoms with van der Waals surface area (Å²) in [5.74, 6) is -0.738. The number of nitrogens with zero attached hydrogens (tertiary/aromatic N) is 1. The topological polar surface area (TPSA) is 112 Å². The van der Waals surface area contributed by atoms with Gasteiger partial charge in [-0.05, 0) is 61.2 Å². The summed E-state index contributed by atoms with van der Waals surface area (Å²) in [7, 11) is 0. The Morgan fingerprint density at radius 2 is 1.97 bits per heavy atom. The van der Waals surface area contributed by atoms with Crippen molar-refractivity contribution in [1.82, 2.24) is 15.2 Å². The van der Waals surface area contributed by atoms with Crippen LogP contribution >= 0.6 is 0 Å². The van der Waals surface area contributed by atoms with Crippen molar-refractivity contribution in [1.29, 1.82) is 0 Å². The van der Waals surface area contributed by atoms with Gasteiger partial charge in [0.25, 0.3) is 0 Å². The van der Waals surface area contributed by atoms with E-state index in [1.165, 1.54) is 4.57 Å². The number of aromatic hydroxyl groups is 1. The minimum absolute atomic E-state index is 0.0171. The summed E-state index contributed by atoms with van der Waals surface area (Å²) in [5, 5.41) is 19.9. The number of anilines is 1. The molecule has 1 fully saturated rings. The van der Waals surface area contributed by atoms with Crippen molar-refractivity contribution >= 4 is 34.3 Å². The Morgan fingerprint density at radius 1 is 1.16 bits per heavy atom. The lowest BCUT2D eigenvalue weighted by Crippen LogP contribution is -2.41. The van der Waals surface area contributed by atoms with Crippen LogP contribution in [0.2, 0.25) is 0 Å². The number of rotatable bonds is 4. The highest BCUT2D eigenvalue weighted by molar-refractivity contribution is 6.00. The number of carbonyl (C=O) groups excluding carboxylic acids is 3. The molecule has 31 heavy (non-hydrogen) atoms. The monoisotopic (exact) mass is 420 g/mol. The lowest BCUT2D eigenvalue weighted by atomic mass is 10.1. The van der Waals surface area contributed by atoms with E-state index < -0.39 is 11.9 Å². The normalized spacial score (nSPS) is 16.3. The first-order chi connectivity index (χ1) is 14.8. The second-order valence-electron chi connectivity index (χ2n) is 7.86. The molecule has 1 saturated heterocycles. The number of hydrogen-bond acceptors (Lipinski definition) is 4. The highest BCUT2D eigenvalue weighted by Gasteiger charge is 2.30. The fraction of sp³-hybridized carbons (Fsp3) is 0.261. The standard InChI is InChI=1S/C23H24N4O4/c1-13-3-5-17(9-14(13)2)25-23(31)24-11-15-4-6-18-16(10-15)12-27(22(18)30)19-7-8-20(28)26-21(19)29/h3-6,9-10,12,19,30H,7-8,11H2,1-2H3,(H2,24,25,31)(H,26,28,29). The van der Waals surface area contributed by atoms with Crippen molar-refractivity contribution in [2.24, 2.45) is 0 Å². The minimum atomic E-state index is -0.629. The van der Waals surface area contributed by atoms with E-state index in [1.807, 2.05) is 44.2 Å². The number of urea groups is 1. The Kier molecular flexibility index (Phi) is 5.37. The summed E-state index contributed by atoms with van der Waals surface area (Å²) in [6.45, 7) is 4.31. The van der Waals surface area contributed by atoms with E-state index in [1.54, 1.807) is 12.3 Å². The summed E-state index contributed by atoms with van der Waals surface area (Å²) in [6.07, 6.45) is 2.27. The molecule has 1 aliphatic heterocycles. The van der Waals surface area contributed by atoms with E-state index in [2.05, 4.69) is 16.0 Å². The molecule has 0 aliphatic carbocycles. The number of piperidine rings is 1. The van der Waals surface area contributed by atoms with Gasteiger partial charge in [0.1, 0.15) is 6.04 Å². The van der Waals surface area contributed by atoms with Crippen molar-refractivity contribution in [3.8, 4) is 5.88 Å². The zero-order chi connectivity index (χ0) is 22.1. The van der Waals surface area contributed by atoms with Gasteiger partial charge in [-0.15, -0.1) is 0 Å². The summed E-state index contributed by atoms with van der Waals surface area (Å²) < 4.78 is 1.50. The summed E-state index contributed by atoms with van der Waals surface area (Å²) in [4.78, 5) is 35.8. The zero-order valence-corrected chi connectivity index (χ0v) is 17.4. The maximum atomic E-state index is 12.2. The van der Waals surface area contributed by atoms with Gasteiger partial charge in [-0.25, -0.2) is 4.79 Å². The van der Waals surface area contributed by atoms with Crippen LogP contribution in [0.15, 0.2) is 42.6 Å². The predicted octanol–water partition coefficient (Wildman–Crippen LogP) is 3.26. The third-order valence-corrected chi connectivity index (χ3v) is 5.64. The van der Waals surface area contributed by atoms with E-state index in [9.17, 15) is 19.5 Å². The molecular formula is C23H24N4O4. The number of aromatic nitrogens is 1. The maximum absolute atomic E-state index is 12.2. The first-order valence-corrected chi connectivity index (χ1v) is 10.1. The van der Waals surface area contributed by atoms with Crippen LogP contribution in [0.3, 0.4) is 0 Å². The van der Waals surface area contributed by atoms with Crippen LogP contribution in [0, 0.1) is 13.8 Å². The zero-order valence-electron chi connectivity index (χ0n) is 17.4. The summed E-state index contributed by atoms with van der Waals surface area (Å²) in [5.41, 5.74) is 3.83. The number of nitrogens with one attached hydrogen (secondary N) is 3. The second kappa shape index (κ2) is 8.14. The smallest absolute Gasteiger partial charge is 0.319 e. The lowest BCUT2D eigenvalue weighted by molar-refractivity contribution is -0.135. The third kappa shape index (κ3) is 4.23. The van der Waals surface area contributed by atoms with Gasteiger partial charge in [0.2, 0.25) is 11.8 Å². The Balaban J connectivity index is 1.45. The van der Waals surface area contributed by atoms with Crippen LogP contribution in [-0.2, 0) is 16.1 Å². The van der Waals surface area contributed by atoms with Gasteiger partial charge in [-0.1, -0.05) is 12.1 Å². The van der Waals surface area contributed by atoms with Gasteiger partial charge in [0, 0.05) is 35.6 Å². The molecule has 0 spiro atoms. The van der Waals surface area contributed by atoms with Gasteiger partial charge < -0.3 is 20.3 Å². The van der Waals surface area contributed by atoms with Gasteiger partial charge >= 0.3 is 6.03 Å². The second-order valence-corrected chi connectivity index (χ2v) is 7.86. The Bertz CT molecular complexity index is 1200. The van der Waals surface area contributed by atoms with E-state index in [0.29, 0.717) is 18.4 Å². The largest absolute Gasteiger partial charge is 0.494 e. The average molecular weight is 420 g/mol. The molecule has 1 aliphatic rings. The highest BCUT2D eigenvalue weighted by Crippen LogP contribution is 2.33. The molecule has 8 nitrogen and oxygen atoms in total. The molecule has 1 aromatic heterocycles. The average Bonchev–Trinajstić information content (AvgIpc) is 3.05. The number of benzene rings is 2. The molecule has 2 heterocycles. The van der Waals surface area contributed by atoms with Gasteiger partial charge in [0.05, 0.1) is 0 Å². The van der Waals surface area contributed by atoms with Crippen LogP contribution < -0.4 is 16.0 Å². The van der Waals surface area contributed by atoms with E-state index in [0.717, 1.165) is 27.8 Å². The van der Waals surface area contributed by atoms with Crippen LogP contribution in [-0.4, -0.2) is 27.5 Å². The van der Waals surface area contributed by atoms with Gasteiger partial charge in [-0.3, -0.25) is 14.9 Å². The van der Waals surface area contributed by atoms with E-state index in [4.69, 9.17) is 0 Å². The Morgan fingerprint density at radius 3 is 2.71 bits per heavy atom. The molecular weight excluding hydrogens is 396 g/mol. The molecule has 4 rings (SSSR count). The number of fused-ring (bicyclic) bond motifs is 1. The van der Waals surface area contributed by atoms with Gasteiger partial charge in [0.15, 0.2) is 5.88 Å². The van der Waals surface area contributed by atoms with Crippen LogP contribution in [0.25, 0.3) is 10.8 Å². The minimum Gasteiger partial charge on any atom is -0.494 e. The molecule has 0 radical (unpaired) electrons. The van der Waals surface area contributed by atoms with Gasteiger partial charge in [-0.2, -0.15) is 0 Å². The molecule has 1 atom stereocenters. The fourth-order valence-corrected chi connectivity index (χ4v) is 3.74. The van der Waals surface area contributed by atoms with Crippen LogP contribution in [0.4, 0.5) is 10.5 Å². The molecule has 0 saturated carbocycles. The lowest BCUT2D eigenvalue weighted by Gasteiger charge is -2.22. The van der Waals surface area contributed by atoms with Crippen molar-refractivity contribution in [2.75, 3.05) is 5.32 Å². The molecule has 4 amide bonds. The predicted molar refractivity (Wildman–Crippen MR) is 117 cm³/mol. The molecule has 1 unspecified atom stereocenters. The summed E-state index contributed by atoms with van der Waals surface area (Å²) >= 11 is 0. The molecule has 4 N–H and O–H groups in total. The maximum Gasteiger partial charge on any atom is 0.319 e. The van der Waals surface area contributed by atoms with E-state index >= 15 is 0 Å². The molecule has 160 valence electrons. The molecule has 0 bridgehead atoms. The van der Waals surface area contributed by atoms with E-state index in [-0.39, 0.29) is 24.2 Å². The summed E-state index contributed by atoms with van der Waals surface area (Å²) in [6, 6.07) is 10.2. The first kappa shape index (κ1) is 20.5. The molecule has 8 heteroatoms. The highest BCUT2D eigenvalue weighted by atomic mass is 16.3. The fourth-order valence-electron chi connectivity index (χ4n) is 3.74. The van der Waals surface area contributed by atoms with Crippen molar-refractivity contribution in [3.63, 3.8) is 0 Å². The Labute approximate surface area is 179 Å². The third-order valence-electron chi connectivity index (χ3n) is 5.64. The molecule has 2 aromatic carbocycles. The first-order valence-electron chi connectivity index (χ1n) is 10.1. The number of amides is 4. The molecule has 3 aromatic rings.